The van der Waals surface area contributed by atoms with E-state index in [1.54, 1.807) is 7.11 Å². The molecule has 0 aromatic heterocycles. The van der Waals surface area contributed by atoms with Crippen molar-refractivity contribution in [1.82, 2.24) is 0 Å². The Kier molecular flexibility index (Phi) is 3.34. The maximum Gasteiger partial charge on any atom is 0.0637 e. The molecule has 0 spiro atoms. The zero-order valence-electron chi connectivity index (χ0n) is 10.1. The van der Waals surface area contributed by atoms with Crippen molar-refractivity contribution >= 4 is 11.4 Å². The van der Waals surface area contributed by atoms with Gasteiger partial charge < -0.3 is 15.4 Å². The number of ether oxygens (including phenoxy) is 1. The third-order valence-corrected chi connectivity index (χ3v) is 3.18. The third kappa shape index (κ3) is 2.30. The van der Waals surface area contributed by atoms with Gasteiger partial charge in [-0.3, -0.25) is 0 Å². The Labute approximate surface area is 97.2 Å². The first kappa shape index (κ1) is 11.3. The lowest BCUT2D eigenvalue weighted by atomic mass is 10.1. The van der Waals surface area contributed by atoms with E-state index in [-0.39, 0.29) is 0 Å². The molecule has 1 aromatic rings. The fourth-order valence-electron chi connectivity index (χ4n) is 2.03. The Morgan fingerprint density at radius 2 is 2.19 bits per heavy atom. The van der Waals surface area contributed by atoms with Crippen LogP contribution in [0.1, 0.15) is 18.4 Å². The van der Waals surface area contributed by atoms with Crippen LogP contribution in [-0.4, -0.2) is 26.3 Å². The highest BCUT2D eigenvalue weighted by molar-refractivity contribution is 5.65. The van der Waals surface area contributed by atoms with Crippen LogP contribution in [0.15, 0.2) is 18.2 Å². The van der Waals surface area contributed by atoms with E-state index in [9.17, 15) is 0 Å². The maximum atomic E-state index is 5.95. The van der Waals surface area contributed by atoms with Gasteiger partial charge in [0.25, 0.3) is 0 Å². The van der Waals surface area contributed by atoms with Gasteiger partial charge in [0.2, 0.25) is 0 Å². The van der Waals surface area contributed by atoms with Gasteiger partial charge in [-0.1, -0.05) is 6.07 Å². The molecule has 1 aliphatic carbocycles. The van der Waals surface area contributed by atoms with E-state index in [1.807, 2.05) is 12.1 Å². The lowest BCUT2D eigenvalue weighted by Gasteiger charge is -2.26. The first-order chi connectivity index (χ1) is 7.74. The highest BCUT2D eigenvalue weighted by Crippen LogP contribution is 2.34. The van der Waals surface area contributed by atoms with Crippen LogP contribution in [0.5, 0.6) is 0 Å². The molecule has 1 aliphatic rings. The minimum Gasteiger partial charge on any atom is -0.398 e. The van der Waals surface area contributed by atoms with Crippen LogP contribution in [0.2, 0.25) is 0 Å². The van der Waals surface area contributed by atoms with Crippen molar-refractivity contribution in [2.75, 3.05) is 30.9 Å². The van der Waals surface area contributed by atoms with Gasteiger partial charge in [-0.2, -0.15) is 0 Å². The number of benzene rings is 1. The molecule has 88 valence electrons. The molecule has 16 heavy (non-hydrogen) atoms. The molecule has 0 radical (unpaired) electrons. The summed E-state index contributed by atoms with van der Waals surface area (Å²) >= 11 is 0. The monoisotopic (exact) mass is 220 g/mol. The summed E-state index contributed by atoms with van der Waals surface area (Å²) in [6.45, 7) is 3.81. The molecule has 0 saturated heterocycles. The van der Waals surface area contributed by atoms with Gasteiger partial charge in [-0.15, -0.1) is 0 Å². The van der Waals surface area contributed by atoms with E-state index in [2.05, 4.69) is 17.9 Å². The number of nitrogens with two attached hydrogens (primary N) is 1. The van der Waals surface area contributed by atoms with Crippen molar-refractivity contribution in [3.63, 3.8) is 0 Å². The van der Waals surface area contributed by atoms with Gasteiger partial charge >= 0.3 is 0 Å². The highest BCUT2D eigenvalue weighted by atomic mass is 16.5. The van der Waals surface area contributed by atoms with E-state index < -0.39 is 0 Å². The average Bonchev–Trinajstić information content (AvgIpc) is 3.08. The van der Waals surface area contributed by atoms with Crippen LogP contribution in [-0.2, 0) is 4.74 Å². The summed E-state index contributed by atoms with van der Waals surface area (Å²) in [4.78, 5) is 2.43. The molecule has 0 unspecified atom stereocenters. The molecule has 0 amide bonds. The van der Waals surface area contributed by atoms with E-state index >= 15 is 0 Å². The molecule has 3 heteroatoms. The van der Waals surface area contributed by atoms with Crippen LogP contribution in [0.25, 0.3) is 0 Å². The summed E-state index contributed by atoms with van der Waals surface area (Å²) in [5.41, 5.74) is 9.27. The van der Waals surface area contributed by atoms with Crippen molar-refractivity contribution in [2.45, 2.75) is 25.8 Å². The number of nitrogen functional groups attached to an aromatic ring is 1. The first-order valence-corrected chi connectivity index (χ1v) is 5.84. The fourth-order valence-corrected chi connectivity index (χ4v) is 2.03. The minimum absolute atomic E-state index is 0.690. The van der Waals surface area contributed by atoms with Crippen LogP contribution in [0.3, 0.4) is 0 Å². The fraction of sp³-hybridized carbons (Fsp3) is 0.538. The molecule has 1 fully saturated rings. The molecule has 2 rings (SSSR count). The van der Waals surface area contributed by atoms with Crippen molar-refractivity contribution in [2.24, 2.45) is 0 Å². The topological polar surface area (TPSA) is 38.5 Å². The number of anilines is 2. The van der Waals surface area contributed by atoms with Crippen molar-refractivity contribution < 1.29 is 4.74 Å². The summed E-state index contributed by atoms with van der Waals surface area (Å²) < 4.78 is 5.17. The van der Waals surface area contributed by atoms with Gasteiger partial charge in [0.05, 0.1) is 6.61 Å². The molecule has 0 atom stereocenters. The Bertz CT molecular complexity index is 361. The molecule has 0 heterocycles. The van der Waals surface area contributed by atoms with Gasteiger partial charge in [-0.25, -0.2) is 0 Å². The molecular formula is C13H20N2O. The quantitative estimate of drug-likeness (QED) is 0.773. The molecule has 1 aromatic carbocycles. The molecule has 1 saturated carbocycles. The van der Waals surface area contributed by atoms with Gasteiger partial charge in [0.15, 0.2) is 0 Å². The first-order valence-electron chi connectivity index (χ1n) is 5.84. The molecule has 3 nitrogen and oxygen atoms in total. The number of nitrogens with zero attached hydrogens (tertiary/aromatic N) is 1. The predicted octanol–water partition coefficient (Wildman–Crippen LogP) is 2.19. The van der Waals surface area contributed by atoms with Gasteiger partial charge in [0.1, 0.15) is 0 Å². The normalized spacial score (nSPS) is 15.1. The lowest BCUT2D eigenvalue weighted by molar-refractivity contribution is 0.205. The molecular weight excluding hydrogens is 200 g/mol. The number of methoxy groups -OCH3 is 1. The zero-order valence-corrected chi connectivity index (χ0v) is 10.1. The Morgan fingerprint density at radius 3 is 2.81 bits per heavy atom. The van der Waals surface area contributed by atoms with Crippen molar-refractivity contribution in [3.8, 4) is 0 Å². The second kappa shape index (κ2) is 4.74. The van der Waals surface area contributed by atoms with E-state index in [4.69, 9.17) is 10.5 Å². The summed E-state index contributed by atoms with van der Waals surface area (Å²) in [6, 6.07) is 6.83. The summed E-state index contributed by atoms with van der Waals surface area (Å²) in [7, 11) is 1.75. The van der Waals surface area contributed by atoms with Crippen molar-refractivity contribution in [3.05, 3.63) is 23.8 Å². The number of hydrogen-bond donors (Lipinski definition) is 1. The average molecular weight is 220 g/mol. The van der Waals surface area contributed by atoms with Gasteiger partial charge in [0, 0.05) is 31.1 Å². The second-order valence-electron chi connectivity index (χ2n) is 4.41. The van der Waals surface area contributed by atoms with E-state index in [0.717, 1.165) is 18.8 Å². The Balaban J connectivity index is 2.20. The molecule has 2 N–H and O–H groups in total. The number of rotatable bonds is 5. The summed E-state index contributed by atoms with van der Waals surface area (Å²) in [6.07, 6.45) is 2.58. The van der Waals surface area contributed by atoms with Crippen molar-refractivity contribution in [1.29, 1.82) is 0 Å². The SMILES string of the molecule is COCCN(c1cccc(N)c1C)C1CC1. The van der Waals surface area contributed by atoms with Crippen LogP contribution < -0.4 is 10.6 Å². The third-order valence-electron chi connectivity index (χ3n) is 3.18. The molecule has 0 bridgehead atoms. The standard InChI is InChI=1S/C13H20N2O/c1-10-12(14)4-3-5-13(10)15(8-9-16-2)11-6-7-11/h3-5,11H,6-9,14H2,1-2H3. The highest BCUT2D eigenvalue weighted by Gasteiger charge is 2.29. The summed E-state index contributed by atoms with van der Waals surface area (Å²) in [5.74, 6) is 0. The van der Waals surface area contributed by atoms with E-state index in [1.165, 1.54) is 24.1 Å². The Morgan fingerprint density at radius 1 is 1.44 bits per heavy atom. The smallest absolute Gasteiger partial charge is 0.0637 e. The largest absolute Gasteiger partial charge is 0.398 e. The van der Waals surface area contributed by atoms with Gasteiger partial charge in [-0.05, 0) is 37.5 Å². The second-order valence-corrected chi connectivity index (χ2v) is 4.41. The Hall–Kier alpha value is -1.22. The van der Waals surface area contributed by atoms with Crippen LogP contribution in [0.4, 0.5) is 11.4 Å². The van der Waals surface area contributed by atoms with E-state index in [0.29, 0.717) is 6.04 Å². The number of hydrogen-bond acceptors (Lipinski definition) is 3. The molecule has 0 aliphatic heterocycles. The van der Waals surface area contributed by atoms with Crippen LogP contribution >= 0.6 is 0 Å². The zero-order chi connectivity index (χ0) is 11.5. The lowest BCUT2D eigenvalue weighted by Crippen LogP contribution is -2.30. The van der Waals surface area contributed by atoms with Crippen LogP contribution in [0, 0.1) is 6.92 Å². The summed E-state index contributed by atoms with van der Waals surface area (Å²) in [5, 5.41) is 0. The minimum atomic E-state index is 0.690. The maximum absolute atomic E-state index is 5.95. The predicted molar refractivity (Wildman–Crippen MR) is 67.8 cm³/mol.